The number of hydrogen-bond acceptors (Lipinski definition) is 3. The largest absolute Gasteiger partial charge is 0.494 e. The fourth-order valence-electron chi connectivity index (χ4n) is 3.46. The molecule has 4 nitrogen and oxygen atoms in total. The zero-order valence-corrected chi connectivity index (χ0v) is 15.9. The van der Waals surface area contributed by atoms with Gasteiger partial charge in [-0.1, -0.05) is 53.5 Å². The van der Waals surface area contributed by atoms with Crippen LogP contribution in [0.3, 0.4) is 0 Å². The minimum Gasteiger partial charge on any atom is -0.494 e. The van der Waals surface area contributed by atoms with Crippen molar-refractivity contribution in [3.05, 3.63) is 69.3 Å². The minimum atomic E-state index is 0.490. The monoisotopic (exact) mass is 387 g/mol. The van der Waals surface area contributed by atoms with E-state index in [0.717, 1.165) is 37.3 Å². The van der Waals surface area contributed by atoms with Crippen molar-refractivity contribution in [1.29, 1.82) is 0 Å². The van der Waals surface area contributed by atoms with Crippen molar-refractivity contribution in [2.24, 2.45) is 0 Å². The first-order chi connectivity index (χ1) is 12.7. The van der Waals surface area contributed by atoms with Gasteiger partial charge in [-0.25, -0.2) is 0 Å². The van der Waals surface area contributed by atoms with E-state index in [2.05, 4.69) is 39.4 Å². The second kappa shape index (κ2) is 7.31. The van der Waals surface area contributed by atoms with Crippen LogP contribution in [0.2, 0.25) is 10.0 Å². The molecule has 2 aromatic carbocycles. The number of benzene rings is 2. The molecule has 1 N–H and O–H groups in total. The number of nitrogens with zero attached hydrogens (tertiary/aromatic N) is 2. The molecule has 0 atom stereocenters. The van der Waals surface area contributed by atoms with Crippen LogP contribution >= 0.6 is 23.2 Å². The molecule has 0 fully saturated rings. The number of hydrogen-bond donors (Lipinski definition) is 1. The summed E-state index contributed by atoms with van der Waals surface area (Å²) in [5, 5.41) is 8.70. The fraction of sp³-hybridized carbons (Fsp3) is 0.250. The Hall–Kier alpha value is -2.01. The summed E-state index contributed by atoms with van der Waals surface area (Å²) in [6, 6.07) is 14.2. The highest BCUT2D eigenvalue weighted by Gasteiger charge is 2.23. The van der Waals surface area contributed by atoms with Gasteiger partial charge in [-0.3, -0.25) is 10.00 Å². The molecule has 0 amide bonds. The highest BCUT2D eigenvalue weighted by Crippen LogP contribution is 2.38. The van der Waals surface area contributed by atoms with Gasteiger partial charge in [-0.2, -0.15) is 5.10 Å². The smallest absolute Gasteiger partial charge is 0.156 e. The maximum atomic E-state index is 6.31. The van der Waals surface area contributed by atoms with Crippen molar-refractivity contribution in [1.82, 2.24) is 15.1 Å². The summed E-state index contributed by atoms with van der Waals surface area (Å²) in [6.07, 6.45) is 0.951. The van der Waals surface area contributed by atoms with Gasteiger partial charge in [0.2, 0.25) is 0 Å². The first kappa shape index (κ1) is 17.4. The number of aromatic amines is 1. The summed E-state index contributed by atoms with van der Waals surface area (Å²) >= 11 is 12.6. The molecule has 0 aliphatic carbocycles. The van der Waals surface area contributed by atoms with Crippen LogP contribution in [-0.4, -0.2) is 28.8 Å². The van der Waals surface area contributed by atoms with E-state index in [0.29, 0.717) is 15.8 Å². The van der Waals surface area contributed by atoms with Crippen LogP contribution in [0.1, 0.15) is 16.8 Å². The van der Waals surface area contributed by atoms with Crippen molar-refractivity contribution in [2.45, 2.75) is 19.5 Å². The van der Waals surface area contributed by atoms with E-state index in [1.807, 2.05) is 18.2 Å². The number of ether oxygens (including phenoxy) is 1. The van der Waals surface area contributed by atoms with E-state index in [1.165, 1.54) is 16.8 Å². The average molecular weight is 388 g/mol. The van der Waals surface area contributed by atoms with Crippen LogP contribution in [0.5, 0.6) is 5.75 Å². The molecule has 0 unspecified atom stereocenters. The van der Waals surface area contributed by atoms with Gasteiger partial charge >= 0.3 is 0 Å². The third kappa shape index (κ3) is 3.32. The number of halogens is 2. The van der Waals surface area contributed by atoms with Crippen LogP contribution in [0.15, 0.2) is 42.5 Å². The second-order valence-corrected chi connectivity index (χ2v) is 7.26. The van der Waals surface area contributed by atoms with E-state index in [4.69, 9.17) is 27.9 Å². The van der Waals surface area contributed by atoms with E-state index >= 15 is 0 Å². The lowest BCUT2D eigenvalue weighted by atomic mass is 10.0. The predicted octanol–water partition coefficient (Wildman–Crippen LogP) is 4.95. The highest BCUT2D eigenvalue weighted by molar-refractivity contribution is 6.37. The van der Waals surface area contributed by atoms with E-state index in [-0.39, 0.29) is 0 Å². The van der Waals surface area contributed by atoms with Gasteiger partial charge < -0.3 is 4.74 Å². The topological polar surface area (TPSA) is 41.1 Å². The van der Waals surface area contributed by atoms with Gasteiger partial charge in [-0.15, -0.1) is 0 Å². The Balaban J connectivity index is 1.63. The van der Waals surface area contributed by atoms with Crippen molar-refractivity contribution < 1.29 is 4.74 Å². The quantitative estimate of drug-likeness (QED) is 0.688. The molecule has 0 spiro atoms. The second-order valence-electron chi connectivity index (χ2n) is 6.45. The fourth-order valence-corrected chi connectivity index (χ4v) is 4.10. The average Bonchev–Trinajstić information content (AvgIpc) is 3.05. The molecule has 0 bridgehead atoms. The molecular weight excluding hydrogens is 369 g/mol. The standard InChI is InChI=1S/C20H19Cl2N3O/c1-26-20-16(21)9-14(10-17(20)22)19-15-12-25(8-7-18(15)23-24-19)11-13-5-3-2-4-6-13/h2-6,9-10H,7-8,11-12H2,1H3,(H,23,24). The minimum absolute atomic E-state index is 0.490. The Bertz CT molecular complexity index is 901. The summed E-state index contributed by atoms with van der Waals surface area (Å²) < 4.78 is 5.24. The molecule has 4 rings (SSSR count). The van der Waals surface area contributed by atoms with Crippen molar-refractivity contribution in [3.63, 3.8) is 0 Å². The molecule has 6 heteroatoms. The van der Waals surface area contributed by atoms with Crippen molar-refractivity contribution in [2.75, 3.05) is 13.7 Å². The number of H-pyrrole nitrogens is 1. The summed E-state index contributed by atoms with van der Waals surface area (Å²) in [5.74, 6) is 0.493. The van der Waals surface area contributed by atoms with Gasteiger partial charge in [0.15, 0.2) is 5.75 Å². The number of rotatable bonds is 4. The van der Waals surface area contributed by atoms with Gasteiger partial charge in [0.05, 0.1) is 22.8 Å². The molecule has 1 aliphatic rings. The number of methoxy groups -OCH3 is 1. The predicted molar refractivity (Wildman–Crippen MR) is 105 cm³/mol. The summed E-state index contributed by atoms with van der Waals surface area (Å²) in [6.45, 7) is 2.78. The maximum absolute atomic E-state index is 6.31. The molecule has 26 heavy (non-hydrogen) atoms. The summed E-state index contributed by atoms with van der Waals surface area (Å²) in [5.41, 5.74) is 5.53. The molecule has 3 aromatic rings. The van der Waals surface area contributed by atoms with Gasteiger partial charge in [0.1, 0.15) is 0 Å². The number of nitrogens with one attached hydrogen (secondary N) is 1. The lowest BCUT2D eigenvalue weighted by Gasteiger charge is -2.27. The summed E-state index contributed by atoms with van der Waals surface area (Å²) in [7, 11) is 1.56. The molecule has 0 radical (unpaired) electrons. The number of fused-ring (bicyclic) bond motifs is 1. The molecule has 134 valence electrons. The van der Waals surface area contributed by atoms with Crippen LogP contribution in [0.4, 0.5) is 0 Å². The maximum Gasteiger partial charge on any atom is 0.156 e. The Kier molecular flexibility index (Phi) is 4.90. The molecular formula is C20H19Cl2N3O. The van der Waals surface area contributed by atoms with Gasteiger partial charge in [0, 0.05) is 42.9 Å². The zero-order valence-electron chi connectivity index (χ0n) is 14.4. The number of aromatic nitrogens is 2. The summed E-state index contributed by atoms with van der Waals surface area (Å²) in [4.78, 5) is 2.43. The van der Waals surface area contributed by atoms with E-state index < -0.39 is 0 Å². The first-order valence-corrected chi connectivity index (χ1v) is 9.27. The van der Waals surface area contributed by atoms with Crippen LogP contribution in [-0.2, 0) is 19.5 Å². The van der Waals surface area contributed by atoms with Gasteiger partial charge in [-0.05, 0) is 17.7 Å². The Labute approximate surface area is 162 Å². The Morgan fingerprint density at radius 2 is 1.88 bits per heavy atom. The molecule has 0 saturated carbocycles. The third-order valence-corrected chi connectivity index (χ3v) is 5.30. The lowest BCUT2D eigenvalue weighted by molar-refractivity contribution is 0.245. The van der Waals surface area contributed by atoms with Crippen molar-refractivity contribution in [3.8, 4) is 17.0 Å². The molecule has 1 aromatic heterocycles. The van der Waals surface area contributed by atoms with Crippen LogP contribution in [0, 0.1) is 0 Å². The molecule has 1 aliphatic heterocycles. The van der Waals surface area contributed by atoms with Crippen molar-refractivity contribution >= 4 is 23.2 Å². The van der Waals surface area contributed by atoms with Crippen LogP contribution < -0.4 is 4.74 Å². The van der Waals surface area contributed by atoms with Crippen LogP contribution in [0.25, 0.3) is 11.3 Å². The molecule has 2 heterocycles. The first-order valence-electron chi connectivity index (χ1n) is 8.51. The van der Waals surface area contributed by atoms with E-state index in [9.17, 15) is 0 Å². The Morgan fingerprint density at radius 3 is 2.58 bits per heavy atom. The molecule has 0 saturated heterocycles. The normalized spacial score (nSPS) is 14.3. The SMILES string of the molecule is COc1c(Cl)cc(-c2n[nH]c3c2CN(Cc2ccccc2)CC3)cc1Cl. The Morgan fingerprint density at radius 1 is 1.15 bits per heavy atom. The highest BCUT2D eigenvalue weighted by atomic mass is 35.5. The van der Waals surface area contributed by atoms with E-state index in [1.54, 1.807) is 7.11 Å². The third-order valence-electron chi connectivity index (χ3n) is 4.74. The van der Waals surface area contributed by atoms with Gasteiger partial charge in [0.25, 0.3) is 0 Å². The zero-order chi connectivity index (χ0) is 18.1. The lowest BCUT2D eigenvalue weighted by Crippen LogP contribution is -2.29.